The van der Waals surface area contributed by atoms with Crippen molar-refractivity contribution in [3.63, 3.8) is 0 Å². The number of aryl methyl sites for hydroxylation is 1. The van der Waals surface area contributed by atoms with Crippen molar-refractivity contribution in [3.8, 4) is 10.4 Å². The van der Waals surface area contributed by atoms with Crippen LogP contribution in [0.3, 0.4) is 0 Å². The number of aromatic nitrogens is 4. The van der Waals surface area contributed by atoms with E-state index in [0.717, 1.165) is 11.5 Å². The van der Waals surface area contributed by atoms with Gasteiger partial charge in [0.1, 0.15) is 0 Å². The third kappa shape index (κ3) is 4.69. The minimum absolute atomic E-state index is 0.0944. The predicted octanol–water partition coefficient (Wildman–Crippen LogP) is 4.83. The monoisotopic (exact) mass is 454 g/mol. The number of hydrogen-bond acceptors (Lipinski definition) is 6. The molecule has 1 aromatic carbocycles. The molecule has 0 bridgehead atoms. The Morgan fingerprint density at radius 1 is 1.13 bits per heavy atom. The average molecular weight is 455 g/mol. The summed E-state index contributed by atoms with van der Waals surface area (Å²) in [6.07, 6.45) is 14.5. The molecular weight excluding hydrogens is 423 g/mol. The van der Waals surface area contributed by atoms with Gasteiger partial charge in [-0.1, -0.05) is 19.2 Å². The van der Waals surface area contributed by atoms with E-state index in [4.69, 9.17) is 4.98 Å². The molecule has 1 aliphatic carbocycles. The van der Waals surface area contributed by atoms with Gasteiger partial charge in [0.05, 0.1) is 16.1 Å². The van der Waals surface area contributed by atoms with Crippen molar-refractivity contribution in [2.24, 2.45) is 7.05 Å². The number of hydrogen-bond donors (Lipinski definition) is 2. The molecule has 2 aliphatic rings. The molecule has 2 N–H and O–H groups in total. The van der Waals surface area contributed by atoms with Crippen molar-refractivity contribution in [3.05, 3.63) is 35.6 Å². The van der Waals surface area contributed by atoms with E-state index >= 15 is 0 Å². The highest BCUT2D eigenvalue weighted by Gasteiger charge is 2.25. The van der Waals surface area contributed by atoms with Gasteiger partial charge in [-0.25, -0.2) is 4.98 Å². The van der Waals surface area contributed by atoms with Gasteiger partial charge in [0.15, 0.2) is 5.82 Å². The van der Waals surface area contributed by atoms with E-state index in [1.807, 2.05) is 24.6 Å². The van der Waals surface area contributed by atoms with Crippen molar-refractivity contribution in [1.82, 2.24) is 25.3 Å². The number of benzene rings is 1. The average Bonchev–Trinajstić information content (AvgIpc) is 3.56. The smallest absolute Gasteiger partial charge is 0.172 e. The van der Waals surface area contributed by atoms with E-state index < -0.39 is 0 Å². The number of anilines is 2. The zero-order valence-electron chi connectivity index (χ0n) is 18.3. The lowest BCUT2D eigenvalue weighted by Gasteiger charge is -2.26. The molecular formula is C23H31N6PS. The Morgan fingerprint density at radius 2 is 1.94 bits per heavy atom. The van der Waals surface area contributed by atoms with E-state index in [-0.39, 0.29) is 7.92 Å². The summed E-state index contributed by atoms with van der Waals surface area (Å²) >= 11 is 1.92. The van der Waals surface area contributed by atoms with Gasteiger partial charge in [0.25, 0.3) is 0 Å². The third-order valence-electron chi connectivity index (χ3n) is 6.59. The molecule has 6 nitrogen and oxygen atoms in total. The Labute approximate surface area is 189 Å². The van der Waals surface area contributed by atoms with E-state index in [0.29, 0.717) is 12.0 Å². The van der Waals surface area contributed by atoms with Crippen molar-refractivity contribution in [1.29, 1.82) is 0 Å². The molecule has 2 fully saturated rings. The zero-order valence-corrected chi connectivity index (χ0v) is 20.1. The first-order chi connectivity index (χ1) is 15.2. The van der Waals surface area contributed by atoms with Gasteiger partial charge in [-0.2, -0.15) is 0 Å². The number of rotatable bonds is 6. The minimum Gasteiger partial charge on any atom is -0.337 e. The molecule has 0 amide bonds. The summed E-state index contributed by atoms with van der Waals surface area (Å²) < 4.78 is 1.72. The van der Waals surface area contributed by atoms with Gasteiger partial charge < -0.3 is 10.6 Å². The molecule has 1 saturated carbocycles. The molecule has 3 aromatic rings. The number of thiazole rings is 1. The highest BCUT2D eigenvalue weighted by molar-refractivity contribution is 7.66. The Kier molecular flexibility index (Phi) is 6.35. The zero-order chi connectivity index (χ0) is 21.2. The maximum absolute atomic E-state index is 4.90. The second kappa shape index (κ2) is 9.35. The lowest BCUT2D eigenvalue weighted by Crippen LogP contribution is -2.29. The molecule has 1 saturated heterocycles. The fraction of sp³-hybridized carbons (Fsp3) is 0.522. The summed E-state index contributed by atoms with van der Waals surface area (Å²) in [6.45, 7) is 0. The lowest BCUT2D eigenvalue weighted by molar-refractivity contribution is 0.358. The van der Waals surface area contributed by atoms with E-state index in [1.54, 1.807) is 4.68 Å². The van der Waals surface area contributed by atoms with Crippen LogP contribution in [0.15, 0.2) is 30.6 Å². The molecule has 8 heteroatoms. The largest absolute Gasteiger partial charge is 0.337 e. The first-order valence-electron chi connectivity index (χ1n) is 11.4. The standard InChI is InChI=1S/C23H31N6PS/c1-24-17-7-5-16(6-8-17)23-25-14-21(31-23)19-10-9-18(26-22-15-29(2)28-27-22)13-20(19)30-11-3-4-12-30/h9-10,13-17,24,26H,3-8,11-12H2,1-2H3. The molecule has 0 unspecified atom stereocenters. The van der Waals surface area contributed by atoms with Crippen LogP contribution in [0.25, 0.3) is 10.4 Å². The van der Waals surface area contributed by atoms with Crippen LogP contribution >= 0.6 is 19.3 Å². The number of nitrogens with zero attached hydrogens (tertiary/aromatic N) is 4. The normalized spacial score (nSPS) is 22.1. The van der Waals surface area contributed by atoms with Crippen molar-refractivity contribution >= 4 is 36.1 Å². The summed E-state index contributed by atoms with van der Waals surface area (Å²) in [7, 11) is 3.88. The quantitative estimate of drug-likeness (QED) is 0.522. The van der Waals surface area contributed by atoms with Gasteiger partial charge in [0, 0.05) is 36.5 Å². The topological polar surface area (TPSA) is 67.7 Å². The van der Waals surface area contributed by atoms with Gasteiger partial charge >= 0.3 is 0 Å². The Hall–Kier alpha value is -1.82. The number of nitrogens with one attached hydrogen (secondary N) is 2. The second-order valence-corrected chi connectivity index (χ2v) is 12.2. The molecule has 31 heavy (non-hydrogen) atoms. The predicted molar refractivity (Wildman–Crippen MR) is 131 cm³/mol. The first kappa shape index (κ1) is 21.0. The molecule has 0 spiro atoms. The molecule has 2 aromatic heterocycles. The van der Waals surface area contributed by atoms with Gasteiger partial charge in [-0.15, -0.1) is 16.4 Å². The van der Waals surface area contributed by atoms with Crippen molar-refractivity contribution in [2.75, 3.05) is 24.7 Å². The van der Waals surface area contributed by atoms with Crippen LogP contribution in [-0.2, 0) is 7.05 Å². The summed E-state index contributed by atoms with van der Waals surface area (Å²) in [6, 6.07) is 7.51. The highest BCUT2D eigenvalue weighted by atomic mass is 32.1. The van der Waals surface area contributed by atoms with Gasteiger partial charge in [0.2, 0.25) is 0 Å². The molecule has 164 valence electrons. The van der Waals surface area contributed by atoms with Gasteiger partial charge in [-0.3, -0.25) is 4.68 Å². The lowest BCUT2D eigenvalue weighted by atomic mass is 9.86. The van der Waals surface area contributed by atoms with Crippen molar-refractivity contribution < 1.29 is 0 Å². The molecule has 5 rings (SSSR count). The van der Waals surface area contributed by atoms with E-state index in [9.17, 15) is 0 Å². The minimum atomic E-state index is -0.0944. The summed E-state index contributed by atoms with van der Waals surface area (Å²) in [5, 5.41) is 17.9. The first-order valence-corrected chi connectivity index (χ1v) is 13.9. The van der Waals surface area contributed by atoms with Crippen LogP contribution in [0.5, 0.6) is 0 Å². The Bertz CT molecular complexity index is 1020. The highest BCUT2D eigenvalue weighted by Crippen LogP contribution is 2.46. The second-order valence-electron chi connectivity index (χ2n) is 8.73. The fourth-order valence-electron chi connectivity index (χ4n) is 4.82. The van der Waals surface area contributed by atoms with Gasteiger partial charge in [-0.05, 0) is 75.3 Å². The maximum Gasteiger partial charge on any atom is 0.172 e. The van der Waals surface area contributed by atoms with E-state index in [1.165, 1.54) is 71.6 Å². The van der Waals surface area contributed by atoms with Crippen LogP contribution in [0, 0.1) is 0 Å². The SMILES string of the molecule is CNC1CCC(c2ncc(-c3ccc(Nc4cn(C)nn4)cc3P3CCCC3)s2)CC1. The van der Waals surface area contributed by atoms with Crippen LogP contribution in [-0.4, -0.2) is 45.4 Å². The molecule has 3 heterocycles. The van der Waals surface area contributed by atoms with E-state index in [2.05, 4.69) is 52.4 Å². The third-order valence-corrected chi connectivity index (χ3v) is 10.5. The summed E-state index contributed by atoms with van der Waals surface area (Å²) in [5.41, 5.74) is 2.49. The summed E-state index contributed by atoms with van der Waals surface area (Å²) in [5.74, 6) is 1.42. The Morgan fingerprint density at radius 3 is 2.65 bits per heavy atom. The molecule has 0 atom stereocenters. The molecule has 0 radical (unpaired) electrons. The summed E-state index contributed by atoms with van der Waals surface area (Å²) in [4.78, 5) is 6.23. The Balaban J connectivity index is 1.41. The van der Waals surface area contributed by atoms with Crippen LogP contribution in [0.4, 0.5) is 11.5 Å². The fourth-order valence-corrected chi connectivity index (χ4v) is 8.80. The van der Waals surface area contributed by atoms with Crippen molar-refractivity contribution in [2.45, 2.75) is 50.5 Å². The maximum atomic E-state index is 4.90. The van der Waals surface area contributed by atoms with Crippen LogP contribution in [0.1, 0.15) is 49.5 Å². The molecule has 1 aliphatic heterocycles. The van der Waals surface area contributed by atoms with Crippen LogP contribution in [0.2, 0.25) is 0 Å². The van der Waals surface area contributed by atoms with Crippen LogP contribution < -0.4 is 15.9 Å².